The number of carboxylic acids is 1. The van der Waals surface area contributed by atoms with E-state index < -0.39 is 12.0 Å². The molecule has 2 N–H and O–H groups in total. The molecule has 0 fully saturated rings. The lowest BCUT2D eigenvalue weighted by atomic mass is 9.84. The third-order valence-corrected chi connectivity index (χ3v) is 2.90. The van der Waals surface area contributed by atoms with Crippen LogP contribution < -0.4 is 5.32 Å². The topological polar surface area (TPSA) is 79.5 Å². The Hall–Kier alpha value is -2.04. The summed E-state index contributed by atoms with van der Waals surface area (Å²) >= 11 is 0. The van der Waals surface area contributed by atoms with E-state index in [4.69, 9.17) is 9.52 Å². The Morgan fingerprint density at radius 1 is 1.40 bits per heavy atom. The van der Waals surface area contributed by atoms with Crippen LogP contribution in [0.5, 0.6) is 0 Å². The van der Waals surface area contributed by atoms with E-state index in [2.05, 4.69) is 5.32 Å². The molecule has 1 rings (SSSR count). The van der Waals surface area contributed by atoms with Gasteiger partial charge in [-0.1, -0.05) is 20.8 Å². The van der Waals surface area contributed by atoms with Crippen molar-refractivity contribution in [3.8, 4) is 0 Å². The second-order valence-corrected chi connectivity index (χ2v) is 5.81. The molecule has 1 amide bonds. The van der Waals surface area contributed by atoms with E-state index in [1.165, 1.54) is 6.08 Å². The van der Waals surface area contributed by atoms with E-state index in [0.29, 0.717) is 5.76 Å². The van der Waals surface area contributed by atoms with Crippen molar-refractivity contribution in [3.63, 3.8) is 0 Å². The first kappa shape index (κ1) is 16.0. The van der Waals surface area contributed by atoms with Crippen LogP contribution in [0.1, 0.15) is 38.7 Å². The zero-order valence-electron chi connectivity index (χ0n) is 12.3. The van der Waals surface area contributed by atoms with E-state index >= 15 is 0 Å². The number of aryl methyl sites for hydroxylation is 1. The van der Waals surface area contributed by atoms with Crippen molar-refractivity contribution in [1.82, 2.24) is 5.32 Å². The van der Waals surface area contributed by atoms with Crippen molar-refractivity contribution >= 4 is 18.0 Å². The van der Waals surface area contributed by atoms with Gasteiger partial charge in [0, 0.05) is 12.1 Å². The molecule has 0 aliphatic heterocycles. The molecule has 1 atom stereocenters. The fraction of sp³-hybridized carbons (Fsp3) is 0.467. The average Bonchev–Trinajstić information content (AvgIpc) is 2.70. The first-order valence-electron chi connectivity index (χ1n) is 6.45. The molecule has 0 bridgehead atoms. The van der Waals surface area contributed by atoms with Gasteiger partial charge in [-0.3, -0.25) is 9.59 Å². The summed E-state index contributed by atoms with van der Waals surface area (Å²) in [5.41, 5.74) is -0.330. The molecule has 0 spiro atoms. The molecule has 0 saturated heterocycles. The van der Waals surface area contributed by atoms with Crippen LogP contribution in [0.3, 0.4) is 0 Å². The Balaban J connectivity index is 2.66. The average molecular weight is 279 g/mol. The highest BCUT2D eigenvalue weighted by molar-refractivity contribution is 5.91. The minimum absolute atomic E-state index is 0.108. The Labute approximate surface area is 118 Å². The van der Waals surface area contributed by atoms with E-state index in [1.54, 1.807) is 18.2 Å². The Kier molecular flexibility index (Phi) is 5.13. The van der Waals surface area contributed by atoms with Crippen molar-refractivity contribution < 1.29 is 19.1 Å². The minimum Gasteiger partial charge on any atom is -0.481 e. The van der Waals surface area contributed by atoms with Crippen LogP contribution in [-0.2, 0) is 9.59 Å². The molecule has 1 aromatic heterocycles. The van der Waals surface area contributed by atoms with Crippen LogP contribution >= 0.6 is 0 Å². The van der Waals surface area contributed by atoms with Gasteiger partial charge >= 0.3 is 5.97 Å². The Morgan fingerprint density at radius 2 is 2.05 bits per heavy atom. The van der Waals surface area contributed by atoms with E-state index in [0.717, 1.165) is 5.76 Å². The number of rotatable bonds is 5. The molecule has 0 aliphatic rings. The van der Waals surface area contributed by atoms with E-state index in [9.17, 15) is 9.59 Å². The fourth-order valence-electron chi connectivity index (χ4n) is 1.67. The first-order valence-corrected chi connectivity index (χ1v) is 6.45. The minimum atomic E-state index is -0.934. The molecular weight excluding hydrogens is 258 g/mol. The highest BCUT2D eigenvalue weighted by Gasteiger charge is 2.27. The Morgan fingerprint density at radius 3 is 2.50 bits per heavy atom. The summed E-state index contributed by atoms with van der Waals surface area (Å²) in [5.74, 6) is 0.0859. The number of hydrogen-bond donors (Lipinski definition) is 2. The summed E-state index contributed by atoms with van der Waals surface area (Å²) in [5, 5.41) is 11.6. The van der Waals surface area contributed by atoms with Crippen molar-refractivity contribution in [2.24, 2.45) is 5.41 Å². The van der Waals surface area contributed by atoms with Crippen LogP contribution in [0, 0.1) is 12.3 Å². The number of carboxylic acid groups (broad SMARTS) is 1. The number of carbonyl (C=O) groups is 2. The molecule has 1 heterocycles. The molecule has 110 valence electrons. The molecule has 5 nitrogen and oxygen atoms in total. The van der Waals surface area contributed by atoms with Gasteiger partial charge in [0.2, 0.25) is 5.91 Å². The van der Waals surface area contributed by atoms with Crippen molar-refractivity contribution in [2.45, 2.75) is 40.2 Å². The first-order chi connectivity index (χ1) is 9.18. The van der Waals surface area contributed by atoms with Gasteiger partial charge in [0.15, 0.2) is 0 Å². The number of carbonyl (C=O) groups excluding carboxylic acids is 1. The van der Waals surface area contributed by atoms with Crippen molar-refractivity contribution in [1.29, 1.82) is 0 Å². The Bertz CT molecular complexity index is 508. The SMILES string of the molecule is Cc1ccc(/C=C/C(=O)NC(CC(=O)O)C(C)(C)C)o1. The highest BCUT2D eigenvalue weighted by atomic mass is 16.4. The van der Waals surface area contributed by atoms with Crippen molar-refractivity contribution in [3.05, 3.63) is 29.7 Å². The van der Waals surface area contributed by atoms with Crippen LogP contribution in [0.25, 0.3) is 6.08 Å². The maximum Gasteiger partial charge on any atom is 0.305 e. The largest absolute Gasteiger partial charge is 0.481 e. The van der Waals surface area contributed by atoms with Gasteiger partial charge in [-0.2, -0.15) is 0 Å². The number of hydrogen-bond acceptors (Lipinski definition) is 3. The van der Waals surface area contributed by atoms with Gasteiger partial charge in [0.05, 0.1) is 6.42 Å². The summed E-state index contributed by atoms with van der Waals surface area (Å²) < 4.78 is 5.31. The van der Waals surface area contributed by atoms with Crippen molar-refractivity contribution in [2.75, 3.05) is 0 Å². The third-order valence-electron chi connectivity index (χ3n) is 2.90. The molecule has 0 radical (unpaired) electrons. The fourth-order valence-corrected chi connectivity index (χ4v) is 1.67. The van der Waals surface area contributed by atoms with Crippen LogP contribution in [0.4, 0.5) is 0 Å². The maximum atomic E-state index is 11.8. The molecule has 0 aliphatic carbocycles. The van der Waals surface area contributed by atoms with Crippen LogP contribution in [-0.4, -0.2) is 23.0 Å². The summed E-state index contributed by atoms with van der Waals surface area (Å²) in [6, 6.07) is 3.13. The predicted molar refractivity (Wildman–Crippen MR) is 76.1 cm³/mol. The highest BCUT2D eigenvalue weighted by Crippen LogP contribution is 2.21. The smallest absolute Gasteiger partial charge is 0.305 e. The number of aliphatic carboxylic acids is 1. The second-order valence-electron chi connectivity index (χ2n) is 5.81. The molecular formula is C15H21NO4. The van der Waals surface area contributed by atoms with Gasteiger partial charge < -0.3 is 14.8 Å². The number of nitrogens with one attached hydrogen (secondary N) is 1. The second kappa shape index (κ2) is 6.41. The summed E-state index contributed by atoms with van der Waals surface area (Å²) in [6.45, 7) is 7.49. The molecule has 0 saturated carbocycles. The van der Waals surface area contributed by atoms with Gasteiger partial charge in [0.25, 0.3) is 0 Å². The van der Waals surface area contributed by atoms with Gasteiger partial charge in [-0.05, 0) is 30.5 Å². The number of furan rings is 1. The van der Waals surface area contributed by atoms with Gasteiger partial charge in [-0.15, -0.1) is 0 Å². The zero-order chi connectivity index (χ0) is 15.3. The predicted octanol–water partition coefficient (Wildman–Crippen LogP) is 2.61. The lowest BCUT2D eigenvalue weighted by Crippen LogP contribution is -2.44. The molecule has 5 heteroatoms. The number of amides is 1. The summed E-state index contributed by atoms with van der Waals surface area (Å²) in [6.07, 6.45) is 2.80. The van der Waals surface area contributed by atoms with Gasteiger partial charge in [0.1, 0.15) is 11.5 Å². The van der Waals surface area contributed by atoms with E-state index in [1.807, 2.05) is 27.7 Å². The van der Waals surface area contributed by atoms with Crippen LogP contribution in [0.2, 0.25) is 0 Å². The monoisotopic (exact) mass is 279 g/mol. The molecule has 1 unspecified atom stereocenters. The van der Waals surface area contributed by atoms with Gasteiger partial charge in [-0.25, -0.2) is 0 Å². The lowest BCUT2D eigenvalue weighted by Gasteiger charge is -2.29. The standard InChI is InChI=1S/C15H21NO4/c1-10-5-6-11(20-10)7-8-13(17)16-12(9-14(18)19)15(2,3)4/h5-8,12H,9H2,1-4H3,(H,16,17)(H,18,19)/b8-7+. The molecule has 20 heavy (non-hydrogen) atoms. The molecule has 0 aromatic carbocycles. The third kappa shape index (κ3) is 5.30. The lowest BCUT2D eigenvalue weighted by molar-refractivity contribution is -0.138. The zero-order valence-corrected chi connectivity index (χ0v) is 12.3. The normalized spacial score (nSPS) is 13.4. The van der Waals surface area contributed by atoms with Crippen LogP contribution in [0.15, 0.2) is 22.6 Å². The summed E-state index contributed by atoms with van der Waals surface area (Å²) in [4.78, 5) is 22.7. The maximum absolute atomic E-state index is 11.8. The van der Waals surface area contributed by atoms with E-state index in [-0.39, 0.29) is 17.7 Å². The molecule has 1 aromatic rings. The summed E-state index contributed by atoms with van der Waals surface area (Å²) in [7, 11) is 0. The quantitative estimate of drug-likeness (QED) is 0.812.